The Balaban J connectivity index is 1.30. The van der Waals surface area contributed by atoms with Gasteiger partial charge in [0.2, 0.25) is 17.7 Å². The van der Waals surface area contributed by atoms with Crippen molar-refractivity contribution in [2.24, 2.45) is 17.6 Å². The molecule has 2 heterocycles. The zero-order chi connectivity index (χ0) is 35.1. The number of likely N-dealkylation sites (tertiary alicyclic amines) is 1. The van der Waals surface area contributed by atoms with Crippen LogP contribution in [0.5, 0.6) is 0 Å². The number of benzene rings is 2. The summed E-state index contributed by atoms with van der Waals surface area (Å²) in [6.07, 6.45) is 4.16. The molecule has 49 heavy (non-hydrogen) atoms. The molecule has 4 amide bonds. The zero-order valence-electron chi connectivity index (χ0n) is 28.7. The van der Waals surface area contributed by atoms with Crippen LogP contribution in [-0.4, -0.2) is 81.5 Å². The highest BCUT2D eigenvalue weighted by Gasteiger charge is 2.42. The number of aliphatic hydroxyl groups excluding tert-OH is 1. The van der Waals surface area contributed by atoms with Crippen molar-refractivity contribution in [1.29, 1.82) is 0 Å². The van der Waals surface area contributed by atoms with Gasteiger partial charge in [0, 0.05) is 24.0 Å². The van der Waals surface area contributed by atoms with Gasteiger partial charge in [-0.3, -0.25) is 24.1 Å². The zero-order valence-corrected chi connectivity index (χ0v) is 28.7. The number of hydrogen-bond acceptors (Lipinski definition) is 7. The average molecular weight is 671 g/mol. The number of hydrogen-bond donors (Lipinski definition) is 5. The van der Waals surface area contributed by atoms with E-state index in [1.807, 2.05) is 69.3 Å². The molecular formula is C38H50N6O5. The maximum Gasteiger partial charge on any atom is 0.270 e. The Labute approximate surface area is 288 Å². The molecule has 0 spiro atoms. The number of aromatic nitrogens is 1. The van der Waals surface area contributed by atoms with E-state index in [0.717, 1.165) is 36.6 Å². The number of nitrogens with one attached hydrogen (secondary N) is 3. The van der Waals surface area contributed by atoms with Crippen LogP contribution in [0.4, 0.5) is 0 Å². The van der Waals surface area contributed by atoms with Gasteiger partial charge in [-0.25, -0.2) is 4.98 Å². The Morgan fingerprint density at radius 2 is 1.63 bits per heavy atom. The minimum absolute atomic E-state index is 0.0479. The van der Waals surface area contributed by atoms with E-state index in [9.17, 15) is 24.3 Å². The summed E-state index contributed by atoms with van der Waals surface area (Å²) in [5.74, 6) is -1.17. The maximum absolute atomic E-state index is 13.6. The quantitative estimate of drug-likeness (QED) is 0.198. The van der Waals surface area contributed by atoms with Crippen LogP contribution in [0.3, 0.4) is 0 Å². The molecule has 1 aromatic heterocycles. The van der Waals surface area contributed by atoms with Crippen molar-refractivity contribution in [3.8, 4) is 0 Å². The highest BCUT2D eigenvalue weighted by atomic mass is 16.3. The number of nitrogens with zero attached hydrogens (tertiary/aromatic N) is 2. The van der Waals surface area contributed by atoms with Crippen molar-refractivity contribution in [1.82, 2.24) is 25.8 Å². The topological polar surface area (TPSA) is 167 Å². The SMILES string of the molecule is CC(C)(C)NC(=O)C1CC2CCCCC2CN1CC(O)C(Cc1ccccc1)NC(=O)CC(NC(=O)c1ccc2ccccc2n1)C(N)=O. The number of nitrogens with two attached hydrogens (primary N) is 1. The number of aliphatic hydroxyl groups is 1. The number of rotatable bonds is 12. The van der Waals surface area contributed by atoms with Crippen LogP contribution in [0.2, 0.25) is 0 Å². The number of para-hydroxylation sites is 1. The molecule has 11 nitrogen and oxygen atoms in total. The minimum atomic E-state index is -1.30. The molecule has 1 saturated heterocycles. The van der Waals surface area contributed by atoms with Gasteiger partial charge in [0.1, 0.15) is 11.7 Å². The molecule has 5 rings (SSSR count). The van der Waals surface area contributed by atoms with Gasteiger partial charge in [-0.1, -0.05) is 73.9 Å². The molecule has 1 saturated carbocycles. The predicted octanol–water partition coefficient (Wildman–Crippen LogP) is 3.09. The summed E-state index contributed by atoms with van der Waals surface area (Å²) in [6.45, 7) is 6.77. The fourth-order valence-corrected chi connectivity index (χ4v) is 7.24. The van der Waals surface area contributed by atoms with Gasteiger partial charge in [0.15, 0.2) is 0 Å². The third kappa shape index (κ3) is 9.86. The summed E-state index contributed by atoms with van der Waals surface area (Å²) in [4.78, 5) is 59.0. The molecule has 6 unspecified atom stereocenters. The third-order valence-electron chi connectivity index (χ3n) is 9.70. The number of amides is 4. The number of pyridine rings is 1. The molecule has 3 aromatic rings. The van der Waals surface area contributed by atoms with Gasteiger partial charge in [-0.05, 0) is 69.6 Å². The Kier molecular flexibility index (Phi) is 11.7. The standard InChI is InChI=1S/C38H50N6O5/c1-38(2,3)43-37(49)32-20-26-14-7-8-15-27(26)22-44(32)23-33(45)30(19-24-11-5-4-6-12-24)41-34(46)21-31(35(39)47)42-36(48)29-18-17-25-13-9-10-16-28(25)40-29/h4-6,9-13,16-18,26-27,30-33,45H,7-8,14-15,19-23H2,1-3H3,(H2,39,47)(H,41,46)(H,42,48)(H,43,49). The van der Waals surface area contributed by atoms with Gasteiger partial charge in [-0.15, -0.1) is 0 Å². The molecule has 1 aliphatic carbocycles. The highest BCUT2D eigenvalue weighted by Crippen LogP contribution is 2.39. The number of piperidine rings is 1. The number of primary amides is 1. The smallest absolute Gasteiger partial charge is 0.270 e. The molecule has 1 aliphatic heterocycles. The molecule has 2 aliphatic rings. The molecular weight excluding hydrogens is 620 g/mol. The lowest BCUT2D eigenvalue weighted by Crippen LogP contribution is -2.60. The molecule has 2 fully saturated rings. The van der Waals surface area contributed by atoms with Crippen molar-refractivity contribution in [2.75, 3.05) is 13.1 Å². The third-order valence-corrected chi connectivity index (χ3v) is 9.70. The van der Waals surface area contributed by atoms with E-state index in [1.54, 1.807) is 18.2 Å². The first-order valence-electron chi connectivity index (χ1n) is 17.4. The normalized spacial score (nSPS) is 21.5. The Hall–Kier alpha value is -4.35. The van der Waals surface area contributed by atoms with Crippen molar-refractivity contribution in [2.45, 2.75) is 95.5 Å². The Morgan fingerprint density at radius 1 is 0.939 bits per heavy atom. The molecule has 6 N–H and O–H groups in total. The van der Waals surface area contributed by atoms with Gasteiger partial charge in [0.25, 0.3) is 5.91 Å². The molecule has 11 heteroatoms. The van der Waals surface area contributed by atoms with Gasteiger partial charge >= 0.3 is 0 Å². The van der Waals surface area contributed by atoms with Crippen molar-refractivity contribution >= 4 is 34.5 Å². The molecule has 0 radical (unpaired) electrons. The Morgan fingerprint density at radius 3 is 2.35 bits per heavy atom. The monoisotopic (exact) mass is 670 g/mol. The second-order valence-electron chi connectivity index (χ2n) is 14.7. The molecule has 0 bridgehead atoms. The van der Waals surface area contributed by atoms with Crippen LogP contribution < -0.4 is 21.7 Å². The largest absolute Gasteiger partial charge is 0.390 e. The van der Waals surface area contributed by atoms with Crippen LogP contribution >= 0.6 is 0 Å². The van der Waals surface area contributed by atoms with Crippen LogP contribution in [0, 0.1) is 11.8 Å². The first kappa shape index (κ1) is 35.9. The lowest BCUT2D eigenvalue weighted by atomic mass is 9.72. The predicted molar refractivity (Wildman–Crippen MR) is 188 cm³/mol. The Bertz CT molecular complexity index is 1630. The van der Waals surface area contributed by atoms with Gasteiger partial charge in [0.05, 0.1) is 30.1 Å². The summed E-state index contributed by atoms with van der Waals surface area (Å²) < 4.78 is 0. The van der Waals surface area contributed by atoms with Gasteiger partial charge < -0.3 is 26.8 Å². The lowest BCUT2D eigenvalue weighted by molar-refractivity contribution is -0.133. The van der Waals surface area contributed by atoms with E-state index in [4.69, 9.17) is 5.73 Å². The fraction of sp³-hybridized carbons (Fsp3) is 0.500. The van der Waals surface area contributed by atoms with E-state index < -0.39 is 47.9 Å². The number of carbonyl (C=O) groups is 4. The molecule has 2 aromatic carbocycles. The van der Waals surface area contributed by atoms with E-state index in [0.29, 0.717) is 30.3 Å². The average Bonchev–Trinajstić information content (AvgIpc) is 3.06. The van der Waals surface area contributed by atoms with Crippen LogP contribution in [-0.2, 0) is 20.8 Å². The van der Waals surface area contributed by atoms with Crippen molar-refractivity contribution in [3.05, 3.63) is 78.0 Å². The minimum Gasteiger partial charge on any atom is -0.390 e. The lowest BCUT2D eigenvalue weighted by Gasteiger charge is -2.47. The summed E-state index contributed by atoms with van der Waals surface area (Å²) in [6, 6.07) is 17.7. The summed E-state index contributed by atoms with van der Waals surface area (Å²) in [7, 11) is 0. The van der Waals surface area contributed by atoms with Crippen molar-refractivity contribution in [3.63, 3.8) is 0 Å². The molecule has 262 valence electrons. The fourth-order valence-electron chi connectivity index (χ4n) is 7.24. The van der Waals surface area contributed by atoms with E-state index in [1.165, 1.54) is 6.42 Å². The van der Waals surface area contributed by atoms with Crippen LogP contribution in [0.25, 0.3) is 10.9 Å². The first-order chi connectivity index (χ1) is 23.4. The summed E-state index contributed by atoms with van der Waals surface area (Å²) in [5.41, 5.74) is 6.85. The molecule has 6 atom stereocenters. The number of β-amino-alcohol motifs (C(OH)–C–C–N with tert-alkyl or cyclic N) is 1. The van der Waals surface area contributed by atoms with E-state index in [2.05, 4.69) is 25.8 Å². The van der Waals surface area contributed by atoms with E-state index >= 15 is 0 Å². The first-order valence-corrected chi connectivity index (χ1v) is 17.4. The number of fused-ring (bicyclic) bond motifs is 2. The number of carbonyl (C=O) groups excluding carboxylic acids is 4. The highest BCUT2D eigenvalue weighted by molar-refractivity contribution is 5.98. The van der Waals surface area contributed by atoms with Crippen LogP contribution in [0.1, 0.15) is 75.3 Å². The van der Waals surface area contributed by atoms with Crippen molar-refractivity contribution < 1.29 is 24.3 Å². The maximum atomic E-state index is 13.6. The summed E-state index contributed by atoms with van der Waals surface area (Å²) in [5, 5.41) is 21.2. The second kappa shape index (κ2) is 15.9. The van der Waals surface area contributed by atoms with Gasteiger partial charge in [-0.2, -0.15) is 0 Å². The summed E-state index contributed by atoms with van der Waals surface area (Å²) >= 11 is 0. The van der Waals surface area contributed by atoms with E-state index in [-0.39, 0.29) is 24.2 Å². The van der Waals surface area contributed by atoms with Crippen LogP contribution in [0.15, 0.2) is 66.7 Å². The second-order valence-corrected chi connectivity index (χ2v) is 14.7.